The molecule has 0 aliphatic carbocycles. The van der Waals surface area contributed by atoms with E-state index < -0.39 is 11.0 Å². The van der Waals surface area contributed by atoms with Crippen LogP contribution in [0.2, 0.25) is 0 Å². The van der Waals surface area contributed by atoms with Gasteiger partial charge in [0.1, 0.15) is 29.4 Å². The largest absolute Gasteiger partial charge is 0.489 e. The number of fused-ring (bicyclic) bond motifs is 1. The lowest BCUT2D eigenvalue weighted by Gasteiger charge is -2.09. The number of anilines is 1. The van der Waals surface area contributed by atoms with Crippen LogP contribution in [0.15, 0.2) is 67.0 Å². The summed E-state index contributed by atoms with van der Waals surface area (Å²) in [5, 5.41) is 10.7. The minimum Gasteiger partial charge on any atom is -0.489 e. The van der Waals surface area contributed by atoms with Crippen LogP contribution in [0.4, 0.5) is 5.69 Å². The number of rotatable bonds is 7. The van der Waals surface area contributed by atoms with Crippen molar-refractivity contribution in [3.63, 3.8) is 0 Å². The summed E-state index contributed by atoms with van der Waals surface area (Å²) in [6.07, 6.45) is 3.51. The van der Waals surface area contributed by atoms with Gasteiger partial charge in [-0.3, -0.25) is 4.98 Å². The van der Waals surface area contributed by atoms with Crippen LogP contribution in [-0.4, -0.2) is 19.5 Å². The van der Waals surface area contributed by atoms with E-state index in [0.29, 0.717) is 17.9 Å². The van der Waals surface area contributed by atoms with Gasteiger partial charge in [-0.2, -0.15) is 5.26 Å². The molecule has 0 fully saturated rings. The van der Waals surface area contributed by atoms with Crippen LogP contribution < -0.4 is 9.46 Å². The van der Waals surface area contributed by atoms with Crippen molar-refractivity contribution in [2.75, 3.05) is 10.5 Å². The maximum absolute atomic E-state index is 11.7. The number of pyridine rings is 1. The molecular weight excluding hydrogens is 432 g/mol. The van der Waals surface area contributed by atoms with Crippen molar-refractivity contribution >= 4 is 27.6 Å². The number of ether oxygens (including phenoxy) is 1. The molecule has 0 saturated heterocycles. The first kappa shape index (κ1) is 24.0. The molecule has 0 aliphatic heterocycles. The minimum absolute atomic E-state index is 0.426. The highest BCUT2D eigenvalue weighted by Crippen LogP contribution is 2.35. The lowest BCUT2D eigenvalue weighted by Crippen LogP contribution is -2.05. The van der Waals surface area contributed by atoms with E-state index in [1.807, 2.05) is 87.0 Å². The van der Waals surface area contributed by atoms with Crippen molar-refractivity contribution in [1.82, 2.24) is 9.55 Å². The van der Waals surface area contributed by atoms with E-state index >= 15 is 0 Å². The molecule has 6 nitrogen and oxygen atoms in total. The smallest absolute Gasteiger partial charge is 0.121 e. The number of nitrogens with one attached hydrogen (secondary N) is 1. The van der Waals surface area contributed by atoms with Crippen molar-refractivity contribution < 1.29 is 8.95 Å². The Kier molecular flexibility index (Phi) is 8.22. The molecule has 0 amide bonds. The fraction of sp³-hybridized carbons (Fsp3) is 0.231. The van der Waals surface area contributed by atoms with E-state index in [9.17, 15) is 9.47 Å². The average Bonchev–Trinajstić information content (AvgIpc) is 3.16. The summed E-state index contributed by atoms with van der Waals surface area (Å²) in [4.78, 5) is 4.11. The second kappa shape index (κ2) is 11.3. The zero-order valence-electron chi connectivity index (χ0n) is 19.3. The minimum atomic E-state index is -1.10. The van der Waals surface area contributed by atoms with Crippen LogP contribution in [0.25, 0.3) is 22.2 Å². The van der Waals surface area contributed by atoms with Gasteiger partial charge in [-0.25, -0.2) is 4.21 Å². The number of aryl methyl sites for hydroxylation is 1. The number of hydrogen-bond donors (Lipinski definition) is 1. The summed E-state index contributed by atoms with van der Waals surface area (Å²) in [5.74, 6) is 1.27. The molecule has 2 heterocycles. The third kappa shape index (κ3) is 5.41. The zero-order valence-corrected chi connectivity index (χ0v) is 20.1. The third-order valence-electron chi connectivity index (χ3n) is 5.06. The molecule has 0 saturated carbocycles. The van der Waals surface area contributed by atoms with Crippen molar-refractivity contribution in [3.05, 3.63) is 78.1 Å². The van der Waals surface area contributed by atoms with Crippen LogP contribution in [0, 0.1) is 11.3 Å². The van der Waals surface area contributed by atoms with E-state index in [1.54, 1.807) is 12.4 Å². The van der Waals surface area contributed by atoms with Crippen LogP contribution in [0.3, 0.4) is 0 Å². The highest BCUT2D eigenvalue weighted by atomic mass is 32.2. The van der Waals surface area contributed by atoms with Gasteiger partial charge in [-0.15, -0.1) is 0 Å². The maximum Gasteiger partial charge on any atom is 0.121 e. The molecule has 0 spiro atoms. The van der Waals surface area contributed by atoms with Gasteiger partial charge in [0.25, 0.3) is 0 Å². The predicted molar refractivity (Wildman–Crippen MR) is 135 cm³/mol. The number of nitriles is 1. The summed E-state index contributed by atoms with van der Waals surface area (Å²) in [6, 6.07) is 19.6. The molecule has 1 unspecified atom stereocenters. The summed E-state index contributed by atoms with van der Waals surface area (Å²) >= 11 is 0. The molecule has 4 rings (SSSR count). The van der Waals surface area contributed by atoms with E-state index in [-0.39, 0.29) is 0 Å². The summed E-state index contributed by atoms with van der Waals surface area (Å²) in [6.45, 7) is 6.29. The number of aromatic nitrogens is 2. The van der Waals surface area contributed by atoms with Gasteiger partial charge in [-0.1, -0.05) is 39.0 Å². The Morgan fingerprint density at radius 1 is 1.15 bits per heavy atom. The van der Waals surface area contributed by atoms with Crippen LogP contribution in [-0.2, 0) is 24.6 Å². The molecule has 1 N–H and O–H groups in total. The lowest BCUT2D eigenvalue weighted by molar-refractivity contribution is 0.306. The maximum atomic E-state index is 11.7. The fourth-order valence-electron chi connectivity index (χ4n) is 3.51. The Bertz CT molecular complexity index is 1280. The number of hydrogen-bond acceptors (Lipinski definition) is 4. The molecule has 7 heteroatoms. The predicted octanol–water partition coefficient (Wildman–Crippen LogP) is 5.81. The lowest BCUT2D eigenvalue weighted by atomic mass is 10.1. The first-order chi connectivity index (χ1) is 16.1. The van der Waals surface area contributed by atoms with Gasteiger partial charge in [0.15, 0.2) is 0 Å². The topological polar surface area (TPSA) is 79.9 Å². The van der Waals surface area contributed by atoms with Crippen molar-refractivity contribution in [3.8, 4) is 23.1 Å². The van der Waals surface area contributed by atoms with E-state index in [2.05, 4.69) is 15.8 Å². The van der Waals surface area contributed by atoms with Gasteiger partial charge in [0.2, 0.25) is 0 Å². The first-order valence-corrected chi connectivity index (χ1v) is 12.2. The summed E-state index contributed by atoms with van der Waals surface area (Å²) < 4.78 is 22.6. The summed E-state index contributed by atoms with van der Waals surface area (Å²) in [7, 11) is 0.850. The second-order valence-electron chi connectivity index (χ2n) is 7.04. The van der Waals surface area contributed by atoms with Crippen LogP contribution in [0.5, 0.6) is 5.75 Å². The second-order valence-corrected chi connectivity index (χ2v) is 8.51. The molecule has 2 aromatic carbocycles. The first-order valence-electron chi connectivity index (χ1n) is 10.9. The van der Waals surface area contributed by atoms with Crippen molar-refractivity contribution in [1.29, 1.82) is 5.26 Å². The zero-order chi connectivity index (χ0) is 23.8. The molecule has 170 valence electrons. The normalized spacial score (nSPS) is 11.2. The summed E-state index contributed by atoms with van der Waals surface area (Å²) in [5.41, 5.74) is 5.07. The molecule has 2 aromatic heterocycles. The van der Waals surface area contributed by atoms with Gasteiger partial charge < -0.3 is 14.0 Å². The van der Waals surface area contributed by atoms with Crippen LogP contribution in [0.1, 0.15) is 31.9 Å². The van der Waals surface area contributed by atoms with Gasteiger partial charge in [0.05, 0.1) is 16.8 Å². The van der Waals surface area contributed by atoms with Crippen LogP contribution >= 0.6 is 0 Å². The Morgan fingerprint density at radius 2 is 1.91 bits per heavy atom. The van der Waals surface area contributed by atoms with E-state index in [0.717, 1.165) is 39.2 Å². The molecule has 0 aliphatic rings. The van der Waals surface area contributed by atoms with Crippen molar-refractivity contribution in [2.24, 2.45) is 7.05 Å². The standard InChI is InChI=1S/C24H22N4O2S.C2H6/c1-3-31(29)27-19-8-6-18(7-9-19)24-22(14-25)21-11-10-20(13-23(21)28(24)2)30-16-17-5-4-12-26-15-17;1-2/h4-13,15,27H,3,16H2,1-2H3;1-2H3. The highest BCUT2D eigenvalue weighted by Gasteiger charge is 2.17. The van der Waals surface area contributed by atoms with Crippen molar-refractivity contribution in [2.45, 2.75) is 27.4 Å². The monoisotopic (exact) mass is 460 g/mol. The highest BCUT2D eigenvalue weighted by molar-refractivity contribution is 7.86. The fourth-order valence-corrected chi connectivity index (χ4v) is 4.05. The van der Waals surface area contributed by atoms with Gasteiger partial charge >= 0.3 is 0 Å². The van der Waals surface area contributed by atoms with E-state index in [4.69, 9.17) is 4.74 Å². The Balaban J connectivity index is 0.00000149. The SMILES string of the molecule is CC.CCS(=O)Nc1ccc(-c2c(C#N)c3ccc(OCc4cccnc4)cc3n2C)cc1. The van der Waals surface area contributed by atoms with E-state index in [1.165, 1.54) is 0 Å². The average molecular weight is 461 g/mol. The molecule has 4 aromatic rings. The van der Waals surface area contributed by atoms with Gasteiger partial charge in [0, 0.05) is 47.9 Å². The molecule has 1 atom stereocenters. The molecule has 0 radical (unpaired) electrons. The number of benzene rings is 2. The Morgan fingerprint density at radius 3 is 2.55 bits per heavy atom. The third-order valence-corrected chi connectivity index (χ3v) is 6.05. The van der Waals surface area contributed by atoms with Gasteiger partial charge in [-0.05, 0) is 35.9 Å². The molecule has 0 bridgehead atoms. The number of nitrogens with zero attached hydrogens (tertiary/aromatic N) is 3. The quantitative estimate of drug-likeness (QED) is 0.377. The Labute approximate surface area is 197 Å². The molecule has 33 heavy (non-hydrogen) atoms. The molecular formula is C26H28N4O2S. The Hall–Kier alpha value is -3.63.